The van der Waals surface area contributed by atoms with Gasteiger partial charge in [0.25, 0.3) is 5.56 Å². The number of hydrogen-bond acceptors (Lipinski definition) is 6. The van der Waals surface area contributed by atoms with Gasteiger partial charge in [-0.25, -0.2) is 4.79 Å². The maximum Gasteiger partial charge on any atom is 0.340 e. The fourth-order valence-electron chi connectivity index (χ4n) is 2.73. The van der Waals surface area contributed by atoms with Crippen molar-refractivity contribution in [2.45, 2.75) is 6.92 Å². The Morgan fingerprint density at radius 2 is 1.90 bits per heavy atom. The predicted molar refractivity (Wildman–Crippen MR) is 111 cm³/mol. The summed E-state index contributed by atoms with van der Waals surface area (Å²) >= 11 is 6.24. The first-order valence-electron chi connectivity index (χ1n) is 8.90. The third-order valence-electron chi connectivity index (χ3n) is 4.23. The van der Waals surface area contributed by atoms with Crippen molar-refractivity contribution in [1.29, 1.82) is 0 Å². The van der Waals surface area contributed by atoms with Crippen molar-refractivity contribution in [3.05, 3.63) is 81.2 Å². The van der Waals surface area contributed by atoms with Crippen LogP contribution in [-0.2, 0) is 4.74 Å². The van der Waals surface area contributed by atoms with Gasteiger partial charge >= 0.3 is 5.97 Å². The Hall–Kier alpha value is -3.32. The molecule has 0 unspecified atom stereocenters. The molecular formula is C21H20ClN3O4. The van der Waals surface area contributed by atoms with E-state index in [0.717, 1.165) is 16.0 Å². The molecule has 2 aromatic carbocycles. The summed E-state index contributed by atoms with van der Waals surface area (Å²) in [7, 11) is 1.27. The number of anilines is 1. The highest BCUT2D eigenvalue weighted by molar-refractivity contribution is 6.33. The molecule has 0 radical (unpaired) electrons. The van der Waals surface area contributed by atoms with Crippen molar-refractivity contribution in [3.8, 4) is 11.4 Å². The van der Waals surface area contributed by atoms with E-state index in [-0.39, 0.29) is 10.6 Å². The molecule has 0 saturated heterocycles. The number of ether oxygens (including phenoxy) is 2. The number of nitrogens with zero attached hydrogens (tertiary/aromatic N) is 2. The van der Waals surface area contributed by atoms with Crippen molar-refractivity contribution in [1.82, 2.24) is 9.78 Å². The number of methoxy groups -OCH3 is 1. The van der Waals surface area contributed by atoms with Crippen molar-refractivity contribution in [3.63, 3.8) is 0 Å². The minimum absolute atomic E-state index is 0.0319. The highest BCUT2D eigenvalue weighted by Crippen LogP contribution is 2.19. The number of para-hydroxylation sites is 2. The van der Waals surface area contributed by atoms with Crippen LogP contribution in [0.25, 0.3) is 5.69 Å². The molecule has 1 heterocycles. The predicted octanol–water partition coefficient (Wildman–Crippen LogP) is 3.47. The van der Waals surface area contributed by atoms with Crippen LogP contribution in [0.2, 0.25) is 5.02 Å². The van der Waals surface area contributed by atoms with Gasteiger partial charge in [-0.1, -0.05) is 41.9 Å². The molecule has 150 valence electrons. The number of halogens is 1. The van der Waals surface area contributed by atoms with Crippen LogP contribution < -0.4 is 15.6 Å². The van der Waals surface area contributed by atoms with Gasteiger partial charge < -0.3 is 14.8 Å². The smallest absolute Gasteiger partial charge is 0.340 e. The molecule has 0 atom stereocenters. The average molecular weight is 414 g/mol. The molecule has 0 aliphatic carbocycles. The maximum absolute atomic E-state index is 12.7. The summed E-state index contributed by atoms with van der Waals surface area (Å²) in [6.45, 7) is 2.78. The van der Waals surface area contributed by atoms with Crippen LogP contribution in [0.15, 0.2) is 59.5 Å². The summed E-state index contributed by atoms with van der Waals surface area (Å²) in [6.07, 6.45) is 1.44. The van der Waals surface area contributed by atoms with Crippen LogP contribution in [0.4, 0.5) is 5.69 Å². The Balaban J connectivity index is 1.74. The van der Waals surface area contributed by atoms with E-state index < -0.39 is 11.5 Å². The fraction of sp³-hybridized carbons (Fsp3) is 0.190. The first-order chi connectivity index (χ1) is 14.0. The number of hydrogen-bond donors (Lipinski definition) is 1. The van der Waals surface area contributed by atoms with E-state index in [1.807, 2.05) is 31.2 Å². The average Bonchev–Trinajstić information content (AvgIpc) is 2.74. The zero-order valence-corrected chi connectivity index (χ0v) is 16.8. The molecule has 1 N–H and O–H groups in total. The summed E-state index contributed by atoms with van der Waals surface area (Å²) in [5, 5.41) is 7.16. The lowest BCUT2D eigenvalue weighted by Gasteiger charge is -2.13. The van der Waals surface area contributed by atoms with Crippen molar-refractivity contribution in [2.75, 3.05) is 25.6 Å². The Morgan fingerprint density at radius 1 is 1.17 bits per heavy atom. The highest BCUT2D eigenvalue weighted by atomic mass is 35.5. The van der Waals surface area contributed by atoms with Gasteiger partial charge in [0.2, 0.25) is 0 Å². The number of rotatable bonds is 7. The minimum atomic E-state index is -0.569. The lowest BCUT2D eigenvalue weighted by Crippen LogP contribution is -2.25. The highest BCUT2D eigenvalue weighted by Gasteiger charge is 2.17. The van der Waals surface area contributed by atoms with Crippen LogP contribution in [0.5, 0.6) is 5.75 Å². The van der Waals surface area contributed by atoms with Crippen LogP contribution in [0.3, 0.4) is 0 Å². The van der Waals surface area contributed by atoms with E-state index in [2.05, 4.69) is 10.4 Å². The van der Waals surface area contributed by atoms with Gasteiger partial charge in [0.15, 0.2) is 0 Å². The van der Waals surface area contributed by atoms with Crippen molar-refractivity contribution in [2.24, 2.45) is 0 Å². The van der Waals surface area contributed by atoms with Gasteiger partial charge in [-0.3, -0.25) is 4.79 Å². The molecule has 0 amide bonds. The monoisotopic (exact) mass is 413 g/mol. The van der Waals surface area contributed by atoms with Crippen LogP contribution in [-0.4, -0.2) is 36.0 Å². The van der Waals surface area contributed by atoms with E-state index in [1.54, 1.807) is 24.3 Å². The Morgan fingerprint density at radius 3 is 2.66 bits per heavy atom. The molecule has 0 bridgehead atoms. The second kappa shape index (κ2) is 9.25. The molecule has 1 aromatic heterocycles. The van der Waals surface area contributed by atoms with Gasteiger partial charge in [-0.05, 0) is 30.7 Å². The molecule has 3 rings (SSSR count). The zero-order valence-electron chi connectivity index (χ0n) is 16.0. The largest absolute Gasteiger partial charge is 0.491 e. The topological polar surface area (TPSA) is 82.5 Å². The lowest BCUT2D eigenvalue weighted by atomic mass is 10.2. The van der Waals surface area contributed by atoms with E-state index in [4.69, 9.17) is 21.1 Å². The number of esters is 1. The first kappa shape index (κ1) is 20.4. The second-order valence-corrected chi connectivity index (χ2v) is 6.52. The molecule has 0 fully saturated rings. The SMILES string of the molecule is COC(=O)c1ccccc1-n1ncc(NCCOc2ccccc2C)c(Cl)c1=O. The minimum Gasteiger partial charge on any atom is -0.491 e. The van der Waals surface area contributed by atoms with E-state index >= 15 is 0 Å². The van der Waals surface area contributed by atoms with Crippen LogP contribution in [0.1, 0.15) is 15.9 Å². The van der Waals surface area contributed by atoms with E-state index in [1.165, 1.54) is 13.3 Å². The fourth-order valence-corrected chi connectivity index (χ4v) is 2.93. The summed E-state index contributed by atoms with van der Waals surface area (Å²) in [5.74, 6) is 0.231. The standard InChI is InChI=1S/C21H20ClN3O4/c1-14-7-3-6-10-18(14)29-12-11-23-16-13-24-25(20(26)19(16)22)17-9-5-4-8-15(17)21(27)28-2/h3-10,13,23H,11-12H2,1-2H3. The maximum atomic E-state index is 12.7. The number of carbonyl (C=O) groups is 1. The van der Waals surface area contributed by atoms with Gasteiger partial charge in [0.1, 0.15) is 17.4 Å². The molecule has 0 saturated carbocycles. The number of nitrogens with one attached hydrogen (secondary N) is 1. The summed E-state index contributed by atoms with van der Waals surface area (Å²) in [4.78, 5) is 24.7. The van der Waals surface area contributed by atoms with Crippen LogP contribution >= 0.6 is 11.6 Å². The van der Waals surface area contributed by atoms with Gasteiger partial charge in [0, 0.05) is 6.54 Å². The third kappa shape index (κ3) is 4.57. The first-order valence-corrected chi connectivity index (χ1v) is 9.28. The Kier molecular flexibility index (Phi) is 6.51. The molecule has 8 heteroatoms. The van der Waals surface area contributed by atoms with E-state index in [0.29, 0.717) is 24.5 Å². The van der Waals surface area contributed by atoms with Crippen molar-refractivity contribution < 1.29 is 14.3 Å². The molecule has 29 heavy (non-hydrogen) atoms. The number of benzene rings is 2. The number of aromatic nitrogens is 2. The van der Waals surface area contributed by atoms with Crippen molar-refractivity contribution >= 4 is 23.3 Å². The second-order valence-electron chi connectivity index (χ2n) is 6.14. The summed E-state index contributed by atoms with van der Waals surface area (Å²) < 4.78 is 11.5. The van der Waals surface area contributed by atoms with Gasteiger partial charge in [-0.2, -0.15) is 9.78 Å². The Bertz CT molecular complexity index is 1080. The van der Waals surface area contributed by atoms with E-state index in [9.17, 15) is 9.59 Å². The molecule has 0 aliphatic heterocycles. The van der Waals surface area contributed by atoms with Gasteiger partial charge in [0.05, 0.1) is 30.2 Å². The summed E-state index contributed by atoms with van der Waals surface area (Å²) in [6, 6.07) is 14.2. The third-order valence-corrected chi connectivity index (χ3v) is 4.59. The molecule has 0 aliphatic rings. The molecule has 0 spiro atoms. The molecular weight excluding hydrogens is 394 g/mol. The quantitative estimate of drug-likeness (QED) is 0.471. The normalized spacial score (nSPS) is 10.4. The number of carbonyl (C=O) groups excluding carboxylic acids is 1. The molecule has 3 aromatic rings. The van der Waals surface area contributed by atoms with Gasteiger partial charge in [-0.15, -0.1) is 0 Å². The summed E-state index contributed by atoms with van der Waals surface area (Å²) in [5.41, 5.74) is 1.39. The van der Waals surface area contributed by atoms with Crippen LogP contribution in [0, 0.1) is 6.92 Å². The Labute approximate surface area is 172 Å². The zero-order chi connectivity index (χ0) is 20.8. The lowest BCUT2D eigenvalue weighted by molar-refractivity contribution is 0.0600. The number of aryl methyl sites for hydroxylation is 1. The molecule has 7 nitrogen and oxygen atoms in total.